The van der Waals surface area contributed by atoms with E-state index in [1.165, 1.54) is 0 Å². The molecule has 1 aliphatic carbocycles. The number of aliphatic imine (C=N–C) groups is 1. The molecule has 0 spiro atoms. The Morgan fingerprint density at radius 3 is 2.61 bits per heavy atom. The fourth-order valence-electron chi connectivity index (χ4n) is 1.72. The quantitative estimate of drug-likeness (QED) is 0.249. The number of hydrogen-bond acceptors (Lipinski definition) is 2. The molecule has 2 N–H and O–H groups in total. The number of halogens is 1. The van der Waals surface area contributed by atoms with Crippen molar-refractivity contribution in [3.8, 4) is 0 Å². The van der Waals surface area contributed by atoms with Gasteiger partial charge in [-0.05, 0) is 33.1 Å². The van der Waals surface area contributed by atoms with Gasteiger partial charge in [0.25, 0.3) is 0 Å². The van der Waals surface area contributed by atoms with Crippen molar-refractivity contribution in [3.05, 3.63) is 12.2 Å². The molecule has 0 radical (unpaired) electrons. The zero-order valence-corrected chi connectivity index (χ0v) is 13.9. The smallest absolute Gasteiger partial charge is 0.191 e. The van der Waals surface area contributed by atoms with Crippen molar-refractivity contribution in [3.63, 3.8) is 0 Å². The number of nitrogens with zero attached hydrogens (tertiary/aromatic N) is 1. The third-order valence-electron chi connectivity index (χ3n) is 2.64. The number of rotatable bonds is 6. The lowest BCUT2D eigenvalue weighted by atomic mass is 10.2. The molecule has 0 unspecified atom stereocenters. The van der Waals surface area contributed by atoms with Crippen molar-refractivity contribution < 1.29 is 4.74 Å². The van der Waals surface area contributed by atoms with E-state index in [2.05, 4.69) is 41.6 Å². The number of hydrogen-bond donors (Lipinski definition) is 2. The van der Waals surface area contributed by atoms with Gasteiger partial charge in [0, 0.05) is 26.2 Å². The predicted octanol–water partition coefficient (Wildman–Crippen LogP) is 2.30. The van der Waals surface area contributed by atoms with Crippen molar-refractivity contribution in [2.45, 2.75) is 45.3 Å². The Bertz CT molecular complexity index is 259. The summed E-state index contributed by atoms with van der Waals surface area (Å²) >= 11 is 0. The molecule has 0 amide bonds. The maximum atomic E-state index is 5.48. The molecule has 0 aromatic carbocycles. The average Bonchev–Trinajstić information content (AvgIpc) is 2.79. The number of nitrogens with one attached hydrogen (secondary N) is 2. The molecular formula is C13H26IN3O. The SMILES string of the molecule is CN=C(NCCCOC(C)C)NC1CC=CC1.I. The van der Waals surface area contributed by atoms with Gasteiger partial charge in [-0.25, -0.2) is 0 Å². The van der Waals surface area contributed by atoms with Crippen molar-refractivity contribution in [1.82, 2.24) is 10.6 Å². The standard InChI is InChI=1S/C13H25N3O.HI/c1-11(2)17-10-6-9-15-13(14-3)16-12-7-4-5-8-12;/h4-5,11-12H,6-10H2,1-3H3,(H2,14,15,16);1H. The molecule has 1 aliphatic rings. The zero-order valence-electron chi connectivity index (χ0n) is 11.6. The average molecular weight is 367 g/mol. The molecule has 0 heterocycles. The van der Waals surface area contributed by atoms with Gasteiger partial charge < -0.3 is 15.4 Å². The van der Waals surface area contributed by atoms with Crippen LogP contribution < -0.4 is 10.6 Å². The number of guanidine groups is 1. The van der Waals surface area contributed by atoms with Gasteiger partial charge in [-0.15, -0.1) is 24.0 Å². The molecule has 0 saturated carbocycles. The third kappa shape index (κ3) is 7.92. The molecule has 0 aliphatic heterocycles. The lowest BCUT2D eigenvalue weighted by Gasteiger charge is -2.17. The lowest BCUT2D eigenvalue weighted by Crippen LogP contribution is -2.42. The Labute approximate surface area is 128 Å². The van der Waals surface area contributed by atoms with Crippen LogP contribution in [0.25, 0.3) is 0 Å². The van der Waals surface area contributed by atoms with Crippen LogP contribution >= 0.6 is 24.0 Å². The van der Waals surface area contributed by atoms with Crippen LogP contribution in [0.5, 0.6) is 0 Å². The van der Waals surface area contributed by atoms with Gasteiger partial charge in [0.2, 0.25) is 0 Å². The summed E-state index contributed by atoms with van der Waals surface area (Å²) in [7, 11) is 1.81. The third-order valence-corrected chi connectivity index (χ3v) is 2.64. The molecule has 5 heteroatoms. The summed E-state index contributed by atoms with van der Waals surface area (Å²) in [6.07, 6.45) is 7.93. The molecule has 0 aromatic heterocycles. The van der Waals surface area contributed by atoms with E-state index in [4.69, 9.17) is 4.74 Å². The van der Waals surface area contributed by atoms with E-state index < -0.39 is 0 Å². The summed E-state index contributed by atoms with van der Waals surface area (Å²) in [5.74, 6) is 0.892. The highest BCUT2D eigenvalue weighted by Gasteiger charge is 2.10. The largest absolute Gasteiger partial charge is 0.379 e. The van der Waals surface area contributed by atoms with Crippen LogP contribution in [0, 0.1) is 0 Å². The first-order valence-electron chi connectivity index (χ1n) is 6.46. The highest BCUT2D eigenvalue weighted by molar-refractivity contribution is 14.0. The molecule has 106 valence electrons. The van der Waals surface area contributed by atoms with E-state index in [0.29, 0.717) is 12.1 Å². The second kappa shape index (κ2) is 10.6. The first kappa shape index (κ1) is 17.7. The summed E-state index contributed by atoms with van der Waals surface area (Å²) in [6.45, 7) is 5.81. The van der Waals surface area contributed by atoms with Gasteiger partial charge in [0.15, 0.2) is 5.96 Å². The van der Waals surface area contributed by atoms with Crippen molar-refractivity contribution in [2.75, 3.05) is 20.2 Å². The van der Waals surface area contributed by atoms with Crippen LogP contribution in [-0.2, 0) is 4.74 Å². The maximum Gasteiger partial charge on any atom is 0.191 e. The van der Waals surface area contributed by atoms with Gasteiger partial charge in [-0.1, -0.05) is 12.2 Å². The summed E-state index contributed by atoms with van der Waals surface area (Å²) in [5.41, 5.74) is 0. The first-order valence-corrected chi connectivity index (χ1v) is 6.46. The van der Waals surface area contributed by atoms with E-state index in [0.717, 1.165) is 38.4 Å². The fourth-order valence-corrected chi connectivity index (χ4v) is 1.72. The molecule has 1 rings (SSSR count). The fraction of sp³-hybridized carbons (Fsp3) is 0.769. The minimum atomic E-state index is 0. The van der Waals surface area contributed by atoms with E-state index >= 15 is 0 Å². The zero-order chi connectivity index (χ0) is 12.5. The van der Waals surface area contributed by atoms with Crippen molar-refractivity contribution in [1.29, 1.82) is 0 Å². The number of ether oxygens (including phenoxy) is 1. The molecular weight excluding hydrogens is 341 g/mol. The van der Waals surface area contributed by atoms with Crippen LogP contribution in [0.15, 0.2) is 17.1 Å². The topological polar surface area (TPSA) is 45.7 Å². The Morgan fingerprint density at radius 2 is 2.06 bits per heavy atom. The van der Waals surface area contributed by atoms with E-state index in [1.54, 1.807) is 0 Å². The van der Waals surface area contributed by atoms with Gasteiger partial charge in [-0.2, -0.15) is 0 Å². The molecule has 0 saturated heterocycles. The molecule has 18 heavy (non-hydrogen) atoms. The van der Waals surface area contributed by atoms with Gasteiger partial charge >= 0.3 is 0 Å². The molecule has 0 atom stereocenters. The lowest BCUT2D eigenvalue weighted by molar-refractivity contribution is 0.0776. The summed E-state index contributed by atoms with van der Waals surface area (Å²) in [5, 5.41) is 6.70. The van der Waals surface area contributed by atoms with Crippen LogP contribution in [0.4, 0.5) is 0 Å². The Morgan fingerprint density at radius 1 is 1.39 bits per heavy atom. The van der Waals surface area contributed by atoms with E-state index in [9.17, 15) is 0 Å². The molecule has 0 fully saturated rings. The minimum Gasteiger partial charge on any atom is -0.379 e. The van der Waals surface area contributed by atoms with Gasteiger partial charge in [0.1, 0.15) is 0 Å². The molecule has 0 bridgehead atoms. The van der Waals surface area contributed by atoms with Crippen LogP contribution in [0.1, 0.15) is 33.1 Å². The van der Waals surface area contributed by atoms with Crippen LogP contribution in [-0.4, -0.2) is 38.3 Å². The molecule has 4 nitrogen and oxygen atoms in total. The second-order valence-corrected chi connectivity index (χ2v) is 4.56. The molecule has 0 aromatic rings. The second-order valence-electron chi connectivity index (χ2n) is 4.56. The van der Waals surface area contributed by atoms with Crippen LogP contribution in [0.2, 0.25) is 0 Å². The van der Waals surface area contributed by atoms with E-state index in [-0.39, 0.29) is 24.0 Å². The summed E-state index contributed by atoms with van der Waals surface area (Å²) in [6, 6.07) is 0.508. The summed E-state index contributed by atoms with van der Waals surface area (Å²) in [4.78, 5) is 4.21. The monoisotopic (exact) mass is 367 g/mol. The minimum absolute atomic E-state index is 0. The highest BCUT2D eigenvalue weighted by Crippen LogP contribution is 2.08. The predicted molar refractivity (Wildman–Crippen MR) is 87.8 cm³/mol. The summed E-state index contributed by atoms with van der Waals surface area (Å²) < 4.78 is 5.48. The highest BCUT2D eigenvalue weighted by atomic mass is 127. The van der Waals surface area contributed by atoms with Gasteiger partial charge in [-0.3, -0.25) is 4.99 Å². The Balaban J connectivity index is 0.00000289. The Kier molecular flexibility index (Phi) is 10.4. The van der Waals surface area contributed by atoms with Crippen LogP contribution in [0.3, 0.4) is 0 Å². The first-order chi connectivity index (χ1) is 8.22. The van der Waals surface area contributed by atoms with Crippen molar-refractivity contribution in [2.24, 2.45) is 4.99 Å². The van der Waals surface area contributed by atoms with E-state index in [1.807, 2.05) is 7.05 Å². The van der Waals surface area contributed by atoms with Crippen molar-refractivity contribution >= 4 is 29.9 Å². The van der Waals surface area contributed by atoms with Gasteiger partial charge in [0.05, 0.1) is 6.10 Å². The Hall–Kier alpha value is -0.300. The maximum absolute atomic E-state index is 5.48. The normalized spacial score (nSPS) is 15.9.